The van der Waals surface area contributed by atoms with Crippen LogP contribution < -0.4 is 5.32 Å². The van der Waals surface area contributed by atoms with Crippen LogP contribution in [0.5, 0.6) is 0 Å². The predicted molar refractivity (Wildman–Crippen MR) is 114 cm³/mol. The molecule has 1 aromatic heterocycles. The van der Waals surface area contributed by atoms with Crippen LogP contribution in [-0.2, 0) is 13.6 Å². The molecule has 11 heteroatoms. The van der Waals surface area contributed by atoms with Crippen molar-refractivity contribution < 1.29 is 13.2 Å². The maximum atomic E-state index is 12.9. The fourth-order valence-electron chi connectivity index (χ4n) is 2.91. The summed E-state index contributed by atoms with van der Waals surface area (Å²) in [6.07, 6.45) is -2.13. The van der Waals surface area contributed by atoms with Crippen molar-refractivity contribution in [3.63, 3.8) is 0 Å². The summed E-state index contributed by atoms with van der Waals surface area (Å²) >= 11 is 0. The van der Waals surface area contributed by atoms with Crippen LogP contribution in [0.3, 0.4) is 0 Å². The van der Waals surface area contributed by atoms with Crippen LogP contribution in [-0.4, -0.2) is 75.5 Å². The van der Waals surface area contributed by atoms with E-state index in [0.29, 0.717) is 32.7 Å². The number of guanidine groups is 1. The number of aliphatic imine (C=N–C) groups is 1. The summed E-state index contributed by atoms with van der Waals surface area (Å²) in [6, 6.07) is -1.42. The lowest BCUT2D eigenvalue weighted by atomic mass is 10.2. The second-order valence-electron chi connectivity index (χ2n) is 6.88. The van der Waals surface area contributed by atoms with E-state index >= 15 is 0 Å². The highest BCUT2D eigenvalue weighted by Crippen LogP contribution is 2.25. The van der Waals surface area contributed by atoms with Gasteiger partial charge in [0.2, 0.25) is 0 Å². The summed E-state index contributed by atoms with van der Waals surface area (Å²) in [4.78, 5) is 8.15. The molecule has 0 aliphatic carbocycles. The van der Waals surface area contributed by atoms with Gasteiger partial charge in [-0.05, 0) is 20.3 Å². The number of piperazine rings is 1. The van der Waals surface area contributed by atoms with Gasteiger partial charge >= 0.3 is 6.18 Å². The molecule has 0 amide bonds. The second-order valence-corrected chi connectivity index (χ2v) is 6.88. The highest BCUT2D eigenvalue weighted by molar-refractivity contribution is 14.0. The summed E-state index contributed by atoms with van der Waals surface area (Å²) in [6.45, 7) is 8.11. The summed E-state index contributed by atoms with van der Waals surface area (Å²) < 4.78 is 40.7. The van der Waals surface area contributed by atoms with Crippen molar-refractivity contribution in [3.8, 4) is 0 Å². The third-order valence-electron chi connectivity index (χ3n) is 5.00. The van der Waals surface area contributed by atoms with E-state index in [9.17, 15) is 13.2 Å². The Morgan fingerprint density at radius 3 is 2.36 bits per heavy atom. The molecule has 0 saturated carbocycles. The zero-order valence-electron chi connectivity index (χ0n) is 17.0. The molecule has 28 heavy (non-hydrogen) atoms. The molecule has 1 aromatic rings. The van der Waals surface area contributed by atoms with Gasteiger partial charge in [-0.2, -0.15) is 13.2 Å². The van der Waals surface area contributed by atoms with Gasteiger partial charge in [-0.3, -0.25) is 4.90 Å². The first-order valence-corrected chi connectivity index (χ1v) is 9.43. The lowest BCUT2D eigenvalue weighted by Crippen LogP contribution is -2.56. The lowest BCUT2D eigenvalue weighted by Gasteiger charge is -2.39. The molecule has 2 rings (SSSR count). The minimum absolute atomic E-state index is 0. The van der Waals surface area contributed by atoms with Crippen LogP contribution in [0, 0.1) is 6.92 Å². The fourth-order valence-corrected chi connectivity index (χ4v) is 2.91. The Balaban J connectivity index is 0.00000392. The van der Waals surface area contributed by atoms with Gasteiger partial charge < -0.3 is 14.8 Å². The quantitative estimate of drug-likeness (QED) is 0.272. The Labute approximate surface area is 181 Å². The molecule has 162 valence electrons. The fraction of sp³-hybridized carbons (Fsp3) is 0.824. The third-order valence-corrected chi connectivity index (χ3v) is 5.00. The molecule has 0 radical (unpaired) electrons. The van der Waals surface area contributed by atoms with Gasteiger partial charge in [0.1, 0.15) is 18.4 Å². The predicted octanol–water partition coefficient (Wildman–Crippen LogP) is 2.56. The number of hydrogen-bond acceptors (Lipinski definition) is 4. The largest absolute Gasteiger partial charge is 0.403 e. The monoisotopic (exact) mass is 517 g/mol. The number of nitrogens with one attached hydrogen (secondary N) is 1. The Kier molecular flexibility index (Phi) is 9.95. The Morgan fingerprint density at radius 1 is 1.21 bits per heavy atom. The number of unbranched alkanes of at least 4 members (excludes halogenated alkanes) is 1. The molecule has 0 spiro atoms. The summed E-state index contributed by atoms with van der Waals surface area (Å²) in [7, 11) is 1.89. The number of aromatic nitrogens is 3. The van der Waals surface area contributed by atoms with Crippen molar-refractivity contribution in [2.75, 3.05) is 32.7 Å². The normalized spacial score (nSPS) is 17.4. The van der Waals surface area contributed by atoms with Crippen molar-refractivity contribution in [3.05, 3.63) is 11.6 Å². The maximum absolute atomic E-state index is 12.9. The van der Waals surface area contributed by atoms with E-state index in [4.69, 9.17) is 0 Å². The zero-order valence-corrected chi connectivity index (χ0v) is 19.3. The molecule has 0 aromatic carbocycles. The highest BCUT2D eigenvalue weighted by atomic mass is 127. The average Bonchev–Trinajstić information content (AvgIpc) is 2.95. The van der Waals surface area contributed by atoms with E-state index in [1.807, 2.05) is 23.4 Å². The number of rotatable bonds is 6. The van der Waals surface area contributed by atoms with E-state index in [1.165, 1.54) is 11.8 Å². The van der Waals surface area contributed by atoms with Crippen molar-refractivity contribution in [1.29, 1.82) is 0 Å². The van der Waals surface area contributed by atoms with Crippen LogP contribution in [0.1, 0.15) is 38.3 Å². The van der Waals surface area contributed by atoms with Crippen LogP contribution >= 0.6 is 24.0 Å². The molecule has 1 N–H and O–H groups in total. The molecule has 1 saturated heterocycles. The number of aryl methyl sites for hydroxylation is 1. The van der Waals surface area contributed by atoms with Crippen LogP contribution in [0.15, 0.2) is 4.99 Å². The van der Waals surface area contributed by atoms with E-state index in [1.54, 1.807) is 0 Å². The number of halogens is 4. The van der Waals surface area contributed by atoms with Crippen molar-refractivity contribution >= 4 is 29.9 Å². The molecule has 1 atom stereocenters. The molecule has 1 aliphatic heterocycles. The molecule has 1 fully saturated rings. The van der Waals surface area contributed by atoms with Gasteiger partial charge in [-0.1, -0.05) is 13.3 Å². The average molecular weight is 517 g/mol. The number of alkyl halides is 3. The minimum atomic E-state index is -4.19. The molecular weight excluding hydrogens is 486 g/mol. The topological polar surface area (TPSA) is 61.6 Å². The van der Waals surface area contributed by atoms with Crippen molar-refractivity contribution in [2.24, 2.45) is 12.0 Å². The van der Waals surface area contributed by atoms with Gasteiger partial charge in [0, 0.05) is 39.8 Å². The van der Waals surface area contributed by atoms with Crippen LogP contribution in [0.4, 0.5) is 13.2 Å². The van der Waals surface area contributed by atoms with Crippen molar-refractivity contribution in [1.82, 2.24) is 29.9 Å². The van der Waals surface area contributed by atoms with Gasteiger partial charge in [0.05, 0.1) is 0 Å². The highest BCUT2D eigenvalue weighted by Gasteiger charge is 2.41. The van der Waals surface area contributed by atoms with Gasteiger partial charge in [0.15, 0.2) is 11.8 Å². The second kappa shape index (κ2) is 11.2. The van der Waals surface area contributed by atoms with Crippen LogP contribution in [0.25, 0.3) is 0 Å². The Morgan fingerprint density at radius 2 is 1.86 bits per heavy atom. The maximum Gasteiger partial charge on any atom is 0.403 e. The Hall–Kier alpha value is -1.11. The van der Waals surface area contributed by atoms with E-state index in [0.717, 1.165) is 37.0 Å². The molecule has 2 heterocycles. The smallest absolute Gasteiger partial charge is 0.356 e. The Bertz CT molecular complexity index is 625. The first kappa shape index (κ1) is 24.9. The summed E-state index contributed by atoms with van der Waals surface area (Å²) in [5.41, 5.74) is 0. The van der Waals surface area contributed by atoms with Gasteiger partial charge in [0.25, 0.3) is 0 Å². The van der Waals surface area contributed by atoms with Gasteiger partial charge in [-0.25, -0.2) is 4.99 Å². The molecule has 1 aliphatic rings. The first-order valence-electron chi connectivity index (χ1n) is 9.43. The van der Waals surface area contributed by atoms with E-state index < -0.39 is 12.2 Å². The molecule has 0 bridgehead atoms. The minimum Gasteiger partial charge on any atom is -0.356 e. The zero-order chi connectivity index (χ0) is 20.0. The third kappa shape index (κ3) is 6.75. The number of hydrogen-bond donors (Lipinski definition) is 1. The lowest BCUT2D eigenvalue weighted by molar-refractivity contribution is -0.181. The van der Waals surface area contributed by atoms with E-state index in [-0.39, 0.29) is 24.0 Å². The SMILES string of the molecule is CCCCNC(=NCc1nnc(C)n1C)N1CCN(C(C)C(F)(F)F)CC1.I. The number of nitrogens with zero attached hydrogens (tertiary/aromatic N) is 6. The van der Waals surface area contributed by atoms with Crippen molar-refractivity contribution in [2.45, 2.75) is 52.4 Å². The molecule has 7 nitrogen and oxygen atoms in total. The molecular formula is C17H31F3IN7. The first-order chi connectivity index (χ1) is 12.7. The van der Waals surface area contributed by atoms with E-state index in [2.05, 4.69) is 27.4 Å². The standard InChI is InChI=1S/C17H30F3N7.HI/c1-5-6-7-21-16(22-12-15-24-23-14(3)25(15)4)27-10-8-26(9-11-27)13(2)17(18,19)20;/h13H,5-12H2,1-4H3,(H,21,22);1H. The summed E-state index contributed by atoms with van der Waals surface area (Å²) in [5.74, 6) is 2.30. The molecule has 1 unspecified atom stereocenters. The summed E-state index contributed by atoms with van der Waals surface area (Å²) in [5, 5.41) is 11.5. The van der Waals surface area contributed by atoms with Gasteiger partial charge in [-0.15, -0.1) is 34.2 Å². The van der Waals surface area contributed by atoms with Crippen LogP contribution in [0.2, 0.25) is 0 Å².